The molecule has 2 atom stereocenters. The number of carbonyl (C=O) groups is 1. The van der Waals surface area contributed by atoms with Gasteiger partial charge in [-0.15, -0.1) is 0 Å². The van der Waals surface area contributed by atoms with E-state index in [-0.39, 0.29) is 25.8 Å². The second kappa shape index (κ2) is 38.3. The van der Waals surface area contributed by atoms with Crippen molar-refractivity contribution < 1.29 is 37.3 Å². The number of esters is 1. The normalized spacial score (nSPS) is 14.3. The Morgan fingerprint density at radius 1 is 0.574 bits per heavy atom. The van der Waals surface area contributed by atoms with E-state index in [9.17, 15) is 14.3 Å². The topological polar surface area (TPSA) is 91.3 Å². The standard InChI is InChI=1S/C45H84NO7P/c1-6-8-10-12-14-16-18-20-21-22-23-24-25-27-29-31-33-35-37-40-50-42-44(43-52-54(48,49)51-41-39-46(3,4)5)53-45(47)38-36-34-32-30-28-26-19-17-15-13-11-9-7-2/h11,13,16-19,21-22,44H,6-10,12,14-15,20,23-43H2,1-5H3/p+1/b13-11-,18-16-,19-17-,22-21-. The van der Waals surface area contributed by atoms with Gasteiger partial charge >= 0.3 is 13.8 Å². The molecule has 0 heterocycles. The quantitative estimate of drug-likeness (QED) is 0.0218. The SMILES string of the molecule is CCC/C=C\C/C=C\CCCCCCCC(=O)OC(COCCCCCCCCCC/C=C\C/C=C\CCCCCC)COP(=O)(O)OCC[N+](C)(C)C. The van der Waals surface area contributed by atoms with Crippen molar-refractivity contribution in [3.63, 3.8) is 0 Å². The fraction of sp³-hybridized carbons (Fsp3) is 0.800. The molecule has 0 aliphatic carbocycles. The minimum absolute atomic E-state index is 0.0830. The molecule has 54 heavy (non-hydrogen) atoms. The van der Waals surface area contributed by atoms with Crippen molar-refractivity contribution in [3.05, 3.63) is 48.6 Å². The van der Waals surface area contributed by atoms with Crippen molar-refractivity contribution in [2.75, 3.05) is 54.1 Å². The molecule has 0 aromatic rings. The van der Waals surface area contributed by atoms with Gasteiger partial charge in [-0.1, -0.05) is 146 Å². The van der Waals surface area contributed by atoms with E-state index in [1.54, 1.807) is 0 Å². The first-order valence-electron chi connectivity index (χ1n) is 21.9. The van der Waals surface area contributed by atoms with Crippen molar-refractivity contribution in [1.82, 2.24) is 0 Å². The zero-order valence-corrected chi connectivity index (χ0v) is 36.6. The number of rotatable bonds is 40. The molecule has 1 N–H and O–H groups in total. The molecule has 316 valence electrons. The van der Waals surface area contributed by atoms with E-state index in [1.807, 2.05) is 21.1 Å². The number of hydrogen-bond acceptors (Lipinski definition) is 6. The molecule has 0 amide bonds. The summed E-state index contributed by atoms with van der Waals surface area (Å²) in [7, 11) is 1.65. The lowest BCUT2D eigenvalue weighted by Crippen LogP contribution is -2.37. The van der Waals surface area contributed by atoms with Gasteiger partial charge in [0.2, 0.25) is 0 Å². The molecular formula is C45H85NO7P+. The van der Waals surface area contributed by atoms with Gasteiger partial charge in [0, 0.05) is 13.0 Å². The van der Waals surface area contributed by atoms with Crippen molar-refractivity contribution in [1.29, 1.82) is 0 Å². The summed E-state index contributed by atoms with van der Waals surface area (Å²) in [6.45, 7) is 5.50. The second-order valence-corrected chi connectivity index (χ2v) is 17.2. The van der Waals surface area contributed by atoms with Gasteiger partial charge in [-0.2, -0.15) is 0 Å². The van der Waals surface area contributed by atoms with E-state index in [1.165, 1.54) is 83.5 Å². The van der Waals surface area contributed by atoms with Crippen LogP contribution < -0.4 is 0 Å². The minimum Gasteiger partial charge on any atom is -0.457 e. The first-order valence-corrected chi connectivity index (χ1v) is 23.4. The summed E-state index contributed by atoms with van der Waals surface area (Å²) >= 11 is 0. The minimum atomic E-state index is -4.28. The van der Waals surface area contributed by atoms with Crippen LogP contribution in [-0.2, 0) is 27.9 Å². The van der Waals surface area contributed by atoms with Crippen molar-refractivity contribution in [2.24, 2.45) is 0 Å². The smallest absolute Gasteiger partial charge is 0.457 e. The first kappa shape index (κ1) is 52.5. The van der Waals surface area contributed by atoms with Gasteiger partial charge in [0.1, 0.15) is 19.3 Å². The zero-order chi connectivity index (χ0) is 39.9. The lowest BCUT2D eigenvalue weighted by Gasteiger charge is -2.24. The van der Waals surface area contributed by atoms with Gasteiger partial charge in [0.05, 0.1) is 34.4 Å². The molecule has 0 aliphatic heterocycles. The summed E-state index contributed by atoms with van der Waals surface area (Å²) < 4.78 is 35.0. The number of phosphoric ester groups is 1. The highest BCUT2D eigenvalue weighted by Gasteiger charge is 2.26. The Balaban J connectivity index is 4.24. The van der Waals surface area contributed by atoms with E-state index in [0.717, 1.165) is 70.6 Å². The lowest BCUT2D eigenvalue weighted by molar-refractivity contribution is -0.870. The van der Waals surface area contributed by atoms with Crippen LogP contribution in [0.4, 0.5) is 0 Å². The molecule has 0 spiro atoms. The van der Waals surface area contributed by atoms with Crippen LogP contribution >= 0.6 is 7.82 Å². The predicted molar refractivity (Wildman–Crippen MR) is 229 cm³/mol. The fourth-order valence-electron chi connectivity index (χ4n) is 5.68. The van der Waals surface area contributed by atoms with Gasteiger partial charge in [0.25, 0.3) is 0 Å². The molecule has 0 rings (SSSR count). The summed E-state index contributed by atoms with van der Waals surface area (Å²) in [6.07, 6.45) is 45.7. The Hall–Kier alpha value is -1.54. The molecule has 0 fully saturated rings. The number of phosphoric acid groups is 1. The molecule has 0 bridgehead atoms. The molecule has 2 unspecified atom stereocenters. The van der Waals surface area contributed by atoms with Gasteiger partial charge in [-0.05, 0) is 70.6 Å². The van der Waals surface area contributed by atoms with E-state index in [2.05, 4.69) is 62.5 Å². The third-order valence-electron chi connectivity index (χ3n) is 9.09. The molecule has 0 aromatic carbocycles. The number of carbonyl (C=O) groups excluding carboxylic acids is 1. The number of unbranched alkanes of at least 4 members (excludes halogenated alkanes) is 18. The van der Waals surface area contributed by atoms with Crippen LogP contribution in [-0.4, -0.2) is 75.6 Å². The third kappa shape index (κ3) is 41.6. The van der Waals surface area contributed by atoms with Crippen LogP contribution in [0.1, 0.15) is 174 Å². The molecule has 0 aliphatic rings. The number of nitrogens with zero attached hydrogens (tertiary/aromatic N) is 1. The number of hydrogen-bond donors (Lipinski definition) is 1. The Bertz CT molecular complexity index is 1000. The number of likely N-dealkylation sites (N-methyl/N-ethyl adjacent to an activating group) is 1. The predicted octanol–water partition coefficient (Wildman–Crippen LogP) is 12.8. The van der Waals surface area contributed by atoms with E-state index < -0.39 is 13.9 Å². The van der Waals surface area contributed by atoms with Crippen LogP contribution in [0, 0.1) is 0 Å². The lowest BCUT2D eigenvalue weighted by atomic mass is 10.1. The van der Waals surface area contributed by atoms with E-state index in [0.29, 0.717) is 24.1 Å². The maximum Gasteiger partial charge on any atom is 0.472 e. The Morgan fingerprint density at radius 3 is 1.57 bits per heavy atom. The molecule has 0 aromatic heterocycles. The number of ether oxygens (including phenoxy) is 2. The summed E-state index contributed by atoms with van der Waals surface area (Å²) in [5.74, 6) is -0.332. The largest absolute Gasteiger partial charge is 0.472 e. The average molecular weight is 783 g/mol. The van der Waals surface area contributed by atoms with Crippen LogP contribution in [0.5, 0.6) is 0 Å². The van der Waals surface area contributed by atoms with Gasteiger partial charge in [0.15, 0.2) is 0 Å². The Morgan fingerprint density at radius 2 is 1.06 bits per heavy atom. The summed E-state index contributed by atoms with van der Waals surface area (Å²) in [5.41, 5.74) is 0. The maximum atomic E-state index is 12.7. The van der Waals surface area contributed by atoms with E-state index >= 15 is 0 Å². The number of allylic oxidation sites excluding steroid dienone is 8. The van der Waals surface area contributed by atoms with Crippen LogP contribution in [0.15, 0.2) is 48.6 Å². The summed E-state index contributed by atoms with van der Waals surface area (Å²) in [6, 6.07) is 0. The molecule has 0 radical (unpaired) electrons. The Labute approximate surface area is 333 Å². The fourth-order valence-corrected chi connectivity index (χ4v) is 6.42. The van der Waals surface area contributed by atoms with Crippen molar-refractivity contribution in [2.45, 2.75) is 180 Å². The highest BCUT2D eigenvalue weighted by atomic mass is 31.2. The molecule has 9 heteroatoms. The Kier molecular flexibility index (Phi) is 37.2. The van der Waals surface area contributed by atoms with Gasteiger partial charge < -0.3 is 18.9 Å². The van der Waals surface area contributed by atoms with E-state index in [4.69, 9.17) is 18.5 Å². The molecule has 0 saturated carbocycles. The van der Waals surface area contributed by atoms with Crippen LogP contribution in [0.3, 0.4) is 0 Å². The van der Waals surface area contributed by atoms with Crippen molar-refractivity contribution >= 4 is 13.8 Å². The van der Waals surface area contributed by atoms with Crippen LogP contribution in [0.25, 0.3) is 0 Å². The third-order valence-corrected chi connectivity index (χ3v) is 10.1. The number of quaternary nitrogens is 1. The molecule has 8 nitrogen and oxygen atoms in total. The molecular weight excluding hydrogens is 697 g/mol. The molecule has 0 saturated heterocycles. The van der Waals surface area contributed by atoms with Gasteiger partial charge in [-0.25, -0.2) is 4.57 Å². The summed E-state index contributed by atoms with van der Waals surface area (Å²) in [5, 5.41) is 0. The zero-order valence-electron chi connectivity index (χ0n) is 35.7. The van der Waals surface area contributed by atoms with Crippen molar-refractivity contribution in [3.8, 4) is 0 Å². The van der Waals surface area contributed by atoms with Gasteiger partial charge in [-0.3, -0.25) is 13.8 Å². The van der Waals surface area contributed by atoms with Crippen LogP contribution in [0.2, 0.25) is 0 Å². The maximum absolute atomic E-state index is 12.7. The monoisotopic (exact) mass is 783 g/mol. The summed E-state index contributed by atoms with van der Waals surface area (Å²) in [4.78, 5) is 22.8. The second-order valence-electron chi connectivity index (χ2n) is 15.7. The first-order chi connectivity index (χ1) is 26.1. The highest BCUT2D eigenvalue weighted by Crippen LogP contribution is 2.43. The average Bonchev–Trinajstić information content (AvgIpc) is 3.12. The highest BCUT2D eigenvalue weighted by molar-refractivity contribution is 7.47.